The van der Waals surface area contributed by atoms with Gasteiger partial charge in [-0.15, -0.1) is 0 Å². The quantitative estimate of drug-likeness (QED) is 0.652. The fraction of sp³-hybridized carbons (Fsp3) is 0.500. The minimum Gasteiger partial charge on any atom is -0.0842 e. The van der Waals surface area contributed by atoms with Gasteiger partial charge >= 0.3 is 0 Å². The van der Waals surface area contributed by atoms with Gasteiger partial charge in [-0.3, -0.25) is 0 Å². The molecule has 0 nitrogen and oxygen atoms in total. The number of hydrogen-bond acceptors (Lipinski definition) is 0. The standard InChI is InChI=1S/C16H22/c1-2-3-7-14-10-12-16(13-11-14)15-8-5-4-6-9-15/h3,7,10-13,15H,2,4-6,8-9H2,1H3. The van der Waals surface area contributed by atoms with Gasteiger partial charge in [0.05, 0.1) is 0 Å². The fourth-order valence-corrected chi connectivity index (χ4v) is 2.57. The first-order valence-corrected chi connectivity index (χ1v) is 6.66. The SMILES string of the molecule is CCC=Cc1ccc(C2CCCCC2)cc1. The number of benzene rings is 1. The summed E-state index contributed by atoms with van der Waals surface area (Å²) < 4.78 is 0. The van der Waals surface area contributed by atoms with Crippen molar-refractivity contribution in [2.75, 3.05) is 0 Å². The predicted molar refractivity (Wildman–Crippen MR) is 71.6 cm³/mol. The molecule has 1 aliphatic rings. The van der Waals surface area contributed by atoms with Crippen LogP contribution in [0.25, 0.3) is 6.08 Å². The molecule has 0 heteroatoms. The topological polar surface area (TPSA) is 0 Å². The van der Waals surface area contributed by atoms with Crippen molar-refractivity contribution in [2.45, 2.75) is 51.4 Å². The Labute approximate surface area is 99.4 Å². The maximum Gasteiger partial charge on any atom is -0.0162 e. The van der Waals surface area contributed by atoms with Crippen molar-refractivity contribution < 1.29 is 0 Å². The van der Waals surface area contributed by atoms with Crippen LogP contribution in [0, 0.1) is 0 Å². The highest BCUT2D eigenvalue weighted by atomic mass is 14.2. The second-order valence-electron chi connectivity index (χ2n) is 4.81. The highest BCUT2D eigenvalue weighted by Gasteiger charge is 2.14. The summed E-state index contributed by atoms with van der Waals surface area (Å²) in [6, 6.07) is 9.17. The van der Waals surface area contributed by atoms with Crippen LogP contribution in [0.5, 0.6) is 0 Å². The molecule has 0 radical (unpaired) electrons. The van der Waals surface area contributed by atoms with Crippen molar-refractivity contribution in [3.63, 3.8) is 0 Å². The first-order valence-electron chi connectivity index (χ1n) is 6.66. The van der Waals surface area contributed by atoms with Crippen LogP contribution < -0.4 is 0 Å². The maximum absolute atomic E-state index is 2.32. The molecule has 2 rings (SSSR count). The molecule has 0 unspecified atom stereocenters. The summed E-state index contributed by atoms with van der Waals surface area (Å²) in [5.41, 5.74) is 2.88. The van der Waals surface area contributed by atoms with Gasteiger partial charge in [-0.05, 0) is 36.3 Å². The maximum atomic E-state index is 2.32. The van der Waals surface area contributed by atoms with Crippen molar-refractivity contribution in [2.24, 2.45) is 0 Å². The molecule has 0 saturated heterocycles. The van der Waals surface area contributed by atoms with E-state index in [-0.39, 0.29) is 0 Å². The van der Waals surface area contributed by atoms with Crippen LogP contribution in [0.1, 0.15) is 62.5 Å². The minimum atomic E-state index is 0.831. The highest BCUT2D eigenvalue weighted by Crippen LogP contribution is 2.32. The van der Waals surface area contributed by atoms with E-state index in [0.29, 0.717) is 0 Å². The molecule has 16 heavy (non-hydrogen) atoms. The lowest BCUT2D eigenvalue weighted by Crippen LogP contribution is -2.04. The first-order chi connectivity index (χ1) is 7.90. The molecule has 1 aromatic carbocycles. The van der Waals surface area contributed by atoms with Gasteiger partial charge < -0.3 is 0 Å². The van der Waals surface area contributed by atoms with Gasteiger partial charge in [-0.1, -0.05) is 62.6 Å². The number of rotatable bonds is 3. The summed E-state index contributed by atoms with van der Waals surface area (Å²) in [6.07, 6.45) is 12.6. The molecule has 0 aromatic heterocycles. The van der Waals surface area contributed by atoms with Crippen LogP contribution in [0.3, 0.4) is 0 Å². The molecule has 0 heterocycles. The number of hydrogen-bond donors (Lipinski definition) is 0. The van der Waals surface area contributed by atoms with Crippen LogP contribution in [0.2, 0.25) is 0 Å². The Morgan fingerprint density at radius 2 is 1.75 bits per heavy atom. The third-order valence-electron chi connectivity index (χ3n) is 3.56. The van der Waals surface area contributed by atoms with Gasteiger partial charge in [0.15, 0.2) is 0 Å². The van der Waals surface area contributed by atoms with Gasteiger partial charge in [0.1, 0.15) is 0 Å². The Hall–Kier alpha value is -1.04. The average Bonchev–Trinajstić information content (AvgIpc) is 2.38. The van der Waals surface area contributed by atoms with Crippen LogP contribution in [-0.4, -0.2) is 0 Å². The predicted octanol–water partition coefficient (Wildman–Crippen LogP) is 5.16. The zero-order chi connectivity index (χ0) is 11.2. The first kappa shape index (κ1) is 11.4. The lowest BCUT2D eigenvalue weighted by atomic mass is 9.84. The van der Waals surface area contributed by atoms with Crippen LogP contribution >= 0.6 is 0 Å². The smallest absolute Gasteiger partial charge is 0.0162 e. The Bertz CT molecular complexity index is 326. The zero-order valence-corrected chi connectivity index (χ0v) is 10.3. The van der Waals surface area contributed by atoms with E-state index in [2.05, 4.69) is 43.3 Å². The molecule has 1 aliphatic carbocycles. The van der Waals surface area contributed by atoms with Crippen LogP contribution in [0.15, 0.2) is 30.3 Å². The van der Waals surface area contributed by atoms with E-state index in [4.69, 9.17) is 0 Å². The molecule has 0 N–H and O–H groups in total. The van der Waals surface area contributed by atoms with Crippen LogP contribution in [-0.2, 0) is 0 Å². The third-order valence-corrected chi connectivity index (χ3v) is 3.56. The molecule has 0 spiro atoms. The largest absolute Gasteiger partial charge is 0.0842 e. The Morgan fingerprint density at radius 1 is 1.06 bits per heavy atom. The molecule has 1 fully saturated rings. The summed E-state index contributed by atoms with van der Waals surface area (Å²) >= 11 is 0. The van der Waals surface area contributed by atoms with E-state index in [0.717, 1.165) is 12.3 Å². The molecular weight excluding hydrogens is 192 g/mol. The molecular formula is C16H22. The van der Waals surface area contributed by atoms with E-state index >= 15 is 0 Å². The molecule has 86 valence electrons. The normalized spacial score (nSPS) is 18.1. The average molecular weight is 214 g/mol. The molecule has 0 atom stereocenters. The number of allylic oxidation sites excluding steroid dienone is 1. The zero-order valence-electron chi connectivity index (χ0n) is 10.3. The van der Waals surface area contributed by atoms with Gasteiger partial charge in [-0.2, -0.15) is 0 Å². The monoisotopic (exact) mass is 214 g/mol. The second kappa shape index (κ2) is 5.89. The van der Waals surface area contributed by atoms with Crippen molar-refractivity contribution in [3.8, 4) is 0 Å². The molecule has 1 saturated carbocycles. The van der Waals surface area contributed by atoms with Crippen molar-refractivity contribution in [1.82, 2.24) is 0 Å². The summed E-state index contributed by atoms with van der Waals surface area (Å²) in [6.45, 7) is 2.17. The van der Waals surface area contributed by atoms with E-state index in [1.165, 1.54) is 37.7 Å². The van der Waals surface area contributed by atoms with Crippen molar-refractivity contribution >= 4 is 6.08 Å². The molecule has 0 bridgehead atoms. The van der Waals surface area contributed by atoms with E-state index in [1.807, 2.05) is 0 Å². The van der Waals surface area contributed by atoms with Gasteiger partial charge in [0.25, 0.3) is 0 Å². The lowest BCUT2D eigenvalue weighted by molar-refractivity contribution is 0.443. The van der Waals surface area contributed by atoms with Gasteiger partial charge in [0.2, 0.25) is 0 Å². The summed E-state index contributed by atoms with van der Waals surface area (Å²) in [4.78, 5) is 0. The minimum absolute atomic E-state index is 0.831. The fourth-order valence-electron chi connectivity index (χ4n) is 2.57. The second-order valence-corrected chi connectivity index (χ2v) is 4.81. The van der Waals surface area contributed by atoms with Gasteiger partial charge in [0, 0.05) is 0 Å². The van der Waals surface area contributed by atoms with Gasteiger partial charge in [-0.25, -0.2) is 0 Å². The Morgan fingerprint density at radius 3 is 2.38 bits per heavy atom. The summed E-state index contributed by atoms with van der Waals surface area (Å²) in [7, 11) is 0. The highest BCUT2D eigenvalue weighted by molar-refractivity contribution is 5.49. The van der Waals surface area contributed by atoms with E-state index in [9.17, 15) is 0 Å². The summed E-state index contributed by atoms with van der Waals surface area (Å²) in [5, 5.41) is 0. The van der Waals surface area contributed by atoms with Crippen molar-refractivity contribution in [1.29, 1.82) is 0 Å². The van der Waals surface area contributed by atoms with Crippen molar-refractivity contribution in [3.05, 3.63) is 41.5 Å². The van der Waals surface area contributed by atoms with Crippen LogP contribution in [0.4, 0.5) is 0 Å². The third kappa shape index (κ3) is 2.98. The lowest BCUT2D eigenvalue weighted by Gasteiger charge is -2.21. The molecule has 0 amide bonds. The van der Waals surface area contributed by atoms with E-state index < -0.39 is 0 Å². The Kier molecular flexibility index (Phi) is 4.21. The molecule has 0 aliphatic heterocycles. The van der Waals surface area contributed by atoms with E-state index in [1.54, 1.807) is 5.56 Å². The summed E-state index contributed by atoms with van der Waals surface area (Å²) in [5.74, 6) is 0.831. The Balaban J connectivity index is 2.03. The molecule has 1 aromatic rings.